The molecule has 2 aromatic rings. The number of rotatable bonds is 1. The molecule has 1 aliphatic heterocycles. The molecule has 90 valence electrons. The fraction of sp³-hybridized carbons (Fsp3) is 0.417. The van der Waals surface area contributed by atoms with Gasteiger partial charge in [-0.05, 0) is 36.5 Å². The van der Waals surface area contributed by atoms with Gasteiger partial charge in [-0.3, -0.25) is 4.40 Å². The summed E-state index contributed by atoms with van der Waals surface area (Å²) in [6.07, 6.45) is 4.27. The highest BCUT2D eigenvalue weighted by Gasteiger charge is 2.21. The van der Waals surface area contributed by atoms with E-state index in [2.05, 4.69) is 9.38 Å². The van der Waals surface area contributed by atoms with Crippen LogP contribution in [0.25, 0.3) is 5.52 Å². The van der Waals surface area contributed by atoms with Gasteiger partial charge in [0, 0.05) is 17.8 Å². The summed E-state index contributed by atoms with van der Waals surface area (Å²) < 4.78 is 2.05. The molecule has 0 radical (unpaired) electrons. The number of hydrogen-bond donors (Lipinski definition) is 1. The van der Waals surface area contributed by atoms with E-state index in [0.717, 1.165) is 17.0 Å². The average molecular weight is 268 g/mol. The molecule has 1 fully saturated rings. The van der Waals surface area contributed by atoms with Crippen LogP contribution in [0.15, 0.2) is 18.3 Å². The molecule has 1 aliphatic rings. The molecule has 3 nitrogen and oxygen atoms in total. The Labute approximate surface area is 109 Å². The summed E-state index contributed by atoms with van der Waals surface area (Å²) in [6, 6.07) is 3.80. The van der Waals surface area contributed by atoms with Crippen LogP contribution in [0.3, 0.4) is 0 Å². The number of fused-ring (bicyclic) bond motifs is 1. The van der Waals surface area contributed by atoms with E-state index in [1.54, 1.807) is 0 Å². The van der Waals surface area contributed by atoms with Gasteiger partial charge >= 0.3 is 0 Å². The van der Waals surface area contributed by atoms with Crippen LogP contribution in [0.4, 0.5) is 5.69 Å². The minimum atomic E-state index is 0.512. The number of nitrogens with two attached hydrogens (primary N) is 1. The number of aromatic nitrogens is 2. The normalized spacial score (nSPS) is 17.7. The van der Waals surface area contributed by atoms with E-state index in [1.807, 2.05) is 30.1 Å². The molecular formula is C12H14ClN3S. The van der Waals surface area contributed by atoms with Crippen molar-refractivity contribution in [2.75, 3.05) is 17.2 Å². The van der Waals surface area contributed by atoms with Crippen molar-refractivity contribution in [3.63, 3.8) is 0 Å². The van der Waals surface area contributed by atoms with Gasteiger partial charge in [0.1, 0.15) is 5.82 Å². The third-order valence-electron chi connectivity index (χ3n) is 3.23. The Hall–Kier alpha value is -0.870. The molecule has 0 aromatic carbocycles. The predicted molar refractivity (Wildman–Crippen MR) is 73.9 cm³/mol. The number of nitrogens with zero attached hydrogens (tertiary/aromatic N) is 2. The molecule has 0 bridgehead atoms. The molecule has 0 atom stereocenters. The summed E-state index contributed by atoms with van der Waals surface area (Å²) in [5, 5.41) is 0.582. The summed E-state index contributed by atoms with van der Waals surface area (Å²) in [4.78, 5) is 4.52. The second kappa shape index (κ2) is 4.42. The maximum absolute atomic E-state index is 6.17. The maximum Gasteiger partial charge on any atom is 0.155 e. The maximum atomic E-state index is 6.17. The smallest absolute Gasteiger partial charge is 0.155 e. The standard InChI is InChI=1S/C12H14ClN3S/c13-11-10-2-1-9(14)7-16(10)12(15-11)8-3-5-17-6-4-8/h1-2,7-8H,3-6,14H2. The van der Waals surface area contributed by atoms with Gasteiger partial charge in [-0.1, -0.05) is 11.6 Å². The highest BCUT2D eigenvalue weighted by atomic mass is 35.5. The summed E-state index contributed by atoms with van der Waals surface area (Å²) in [5.41, 5.74) is 7.54. The number of thioether (sulfide) groups is 1. The van der Waals surface area contributed by atoms with Gasteiger partial charge in [0.15, 0.2) is 5.15 Å². The molecule has 0 spiro atoms. The Kier molecular flexibility index (Phi) is 2.92. The summed E-state index contributed by atoms with van der Waals surface area (Å²) >= 11 is 8.19. The van der Waals surface area contributed by atoms with Gasteiger partial charge < -0.3 is 5.73 Å². The SMILES string of the molecule is Nc1ccc2c(Cl)nc(C3CCSCC3)n2c1. The predicted octanol–water partition coefficient (Wildman–Crippen LogP) is 3.18. The first-order chi connectivity index (χ1) is 8.25. The van der Waals surface area contributed by atoms with Gasteiger partial charge in [-0.25, -0.2) is 4.98 Å². The lowest BCUT2D eigenvalue weighted by molar-refractivity contribution is 0.596. The Morgan fingerprint density at radius 2 is 2.12 bits per heavy atom. The van der Waals surface area contributed by atoms with Crippen LogP contribution >= 0.6 is 23.4 Å². The van der Waals surface area contributed by atoms with Crippen molar-refractivity contribution >= 4 is 34.6 Å². The minimum Gasteiger partial charge on any atom is -0.398 e. The van der Waals surface area contributed by atoms with Crippen molar-refractivity contribution in [2.45, 2.75) is 18.8 Å². The molecule has 0 saturated carbocycles. The second-order valence-electron chi connectivity index (χ2n) is 4.37. The van der Waals surface area contributed by atoms with E-state index in [4.69, 9.17) is 17.3 Å². The average Bonchev–Trinajstić information content (AvgIpc) is 2.67. The quantitative estimate of drug-likeness (QED) is 0.863. The zero-order valence-corrected chi connectivity index (χ0v) is 11.0. The molecule has 5 heteroatoms. The number of pyridine rings is 1. The molecule has 3 heterocycles. The molecular weight excluding hydrogens is 254 g/mol. The highest BCUT2D eigenvalue weighted by molar-refractivity contribution is 7.99. The number of imidazole rings is 1. The van der Waals surface area contributed by atoms with E-state index in [1.165, 1.54) is 24.3 Å². The van der Waals surface area contributed by atoms with Crippen molar-refractivity contribution in [1.29, 1.82) is 0 Å². The van der Waals surface area contributed by atoms with Gasteiger partial charge in [-0.2, -0.15) is 11.8 Å². The fourth-order valence-electron chi connectivity index (χ4n) is 2.33. The number of anilines is 1. The Morgan fingerprint density at radius 1 is 1.35 bits per heavy atom. The van der Waals surface area contributed by atoms with Crippen molar-refractivity contribution in [1.82, 2.24) is 9.38 Å². The van der Waals surface area contributed by atoms with E-state index in [9.17, 15) is 0 Å². The van der Waals surface area contributed by atoms with Gasteiger partial charge in [0.2, 0.25) is 0 Å². The monoisotopic (exact) mass is 267 g/mol. The van der Waals surface area contributed by atoms with Gasteiger partial charge in [-0.15, -0.1) is 0 Å². The second-order valence-corrected chi connectivity index (χ2v) is 5.95. The minimum absolute atomic E-state index is 0.512. The van der Waals surface area contributed by atoms with Crippen molar-refractivity contribution < 1.29 is 0 Å². The van der Waals surface area contributed by atoms with E-state index in [-0.39, 0.29) is 0 Å². The van der Waals surface area contributed by atoms with Crippen LogP contribution in [0.2, 0.25) is 5.15 Å². The third kappa shape index (κ3) is 2.00. The van der Waals surface area contributed by atoms with Gasteiger partial charge in [0.25, 0.3) is 0 Å². The zero-order chi connectivity index (χ0) is 11.8. The molecule has 0 aliphatic carbocycles. The molecule has 17 heavy (non-hydrogen) atoms. The van der Waals surface area contributed by atoms with Crippen LogP contribution in [-0.4, -0.2) is 20.9 Å². The number of hydrogen-bond acceptors (Lipinski definition) is 3. The first kappa shape index (κ1) is 11.2. The first-order valence-electron chi connectivity index (χ1n) is 5.76. The van der Waals surface area contributed by atoms with E-state index in [0.29, 0.717) is 11.1 Å². The molecule has 1 saturated heterocycles. The molecule has 2 N–H and O–H groups in total. The lowest BCUT2D eigenvalue weighted by Crippen LogP contribution is -2.11. The summed E-state index contributed by atoms with van der Waals surface area (Å²) in [7, 11) is 0. The summed E-state index contributed by atoms with van der Waals surface area (Å²) in [6.45, 7) is 0. The Morgan fingerprint density at radius 3 is 2.88 bits per heavy atom. The van der Waals surface area contributed by atoms with Crippen LogP contribution in [0.5, 0.6) is 0 Å². The van der Waals surface area contributed by atoms with Crippen LogP contribution in [0.1, 0.15) is 24.6 Å². The number of nitrogen functional groups attached to an aromatic ring is 1. The van der Waals surface area contributed by atoms with Crippen LogP contribution in [-0.2, 0) is 0 Å². The van der Waals surface area contributed by atoms with E-state index >= 15 is 0 Å². The first-order valence-corrected chi connectivity index (χ1v) is 7.29. The topological polar surface area (TPSA) is 43.3 Å². The van der Waals surface area contributed by atoms with E-state index < -0.39 is 0 Å². The Bertz CT molecular complexity index is 546. The van der Waals surface area contributed by atoms with Crippen molar-refractivity contribution in [3.05, 3.63) is 29.3 Å². The lowest BCUT2D eigenvalue weighted by Gasteiger charge is -2.20. The molecule has 0 amide bonds. The molecule has 2 aromatic heterocycles. The highest BCUT2D eigenvalue weighted by Crippen LogP contribution is 2.33. The van der Waals surface area contributed by atoms with Crippen LogP contribution in [0, 0.1) is 0 Å². The van der Waals surface area contributed by atoms with Crippen molar-refractivity contribution in [2.24, 2.45) is 0 Å². The molecule has 3 rings (SSSR count). The van der Waals surface area contributed by atoms with Crippen LogP contribution < -0.4 is 5.73 Å². The third-order valence-corrected chi connectivity index (χ3v) is 4.56. The Balaban J connectivity index is 2.11. The number of halogens is 1. The fourth-order valence-corrected chi connectivity index (χ4v) is 3.68. The molecule has 0 unspecified atom stereocenters. The lowest BCUT2D eigenvalue weighted by atomic mass is 10.0. The van der Waals surface area contributed by atoms with Gasteiger partial charge in [0.05, 0.1) is 5.52 Å². The zero-order valence-electron chi connectivity index (χ0n) is 9.40. The largest absolute Gasteiger partial charge is 0.398 e. The summed E-state index contributed by atoms with van der Waals surface area (Å²) in [5.74, 6) is 4.00. The van der Waals surface area contributed by atoms with Crippen molar-refractivity contribution in [3.8, 4) is 0 Å².